The third-order valence-corrected chi connectivity index (χ3v) is 4.08. The summed E-state index contributed by atoms with van der Waals surface area (Å²) in [6.07, 6.45) is -1.15. The molecular weight excluding hydrogens is 321 g/mol. The highest BCUT2D eigenvalue weighted by atomic mass is 19.4. The van der Waals surface area contributed by atoms with Crippen LogP contribution in [0, 0.1) is 0 Å². The summed E-state index contributed by atoms with van der Waals surface area (Å²) >= 11 is 0. The summed E-state index contributed by atoms with van der Waals surface area (Å²) in [5.41, 5.74) is 0.435. The first-order chi connectivity index (χ1) is 11.3. The number of alkyl halides is 3. The molecule has 2 rings (SSSR count). The van der Waals surface area contributed by atoms with Gasteiger partial charge in [-0.3, -0.25) is 9.69 Å². The van der Waals surface area contributed by atoms with Crippen LogP contribution in [0.4, 0.5) is 19.0 Å². The Morgan fingerprint density at radius 1 is 1.38 bits per heavy atom. The van der Waals surface area contributed by atoms with Crippen LogP contribution in [0.25, 0.3) is 0 Å². The minimum absolute atomic E-state index is 0.238. The van der Waals surface area contributed by atoms with E-state index in [0.717, 1.165) is 0 Å². The summed E-state index contributed by atoms with van der Waals surface area (Å²) in [4.78, 5) is 19.4. The summed E-state index contributed by atoms with van der Waals surface area (Å²) in [7, 11) is 0. The van der Waals surface area contributed by atoms with Gasteiger partial charge in [-0.15, -0.1) is 6.58 Å². The van der Waals surface area contributed by atoms with E-state index >= 15 is 0 Å². The molecule has 1 aromatic heterocycles. The Bertz CT molecular complexity index is 566. The smallest absolute Gasteiger partial charge is 0.354 e. The molecule has 1 aromatic rings. The highest BCUT2D eigenvalue weighted by molar-refractivity contribution is 5.94. The molecule has 132 valence electrons. The van der Waals surface area contributed by atoms with Crippen LogP contribution < -0.4 is 10.2 Å². The third kappa shape index (κ3) is 4.47. The van der Waals surface area contributed by atoms with E-state index in [1.54, 1.807) is 18.2 Å². The van der Waals surface area contributed by atoms with Gasteiger partial charge in [0.15, 0.2) is 0 Å². The molecule has 1 fully saturated rings. The monoisotopic (exact) mass is 342 g/mol. The number of rotatable bonds is 5. The highest BCUT2D eigenvalue weighted by Crippen LogP contribution is 2.26. The van der Waals surface area contributed by atoms with Gasteiger partial charge in [-0.05, 0) is 19.1 Å². The Kier molecular flexibility index (Phi) is 5.82. The fourth-order valence-electron chi connectivity index (χ4n) is 2.52. The topological polar surface area (TPSA) is 48.5 Å². The van der Waals surface area contributed by atoms with Crippen LogP contribution in [-0.4, -0.2) is 60.7 Å². The molecule has 2 heterocycles. The van der Waals surface area contributed by atoms with Crippen LogP contribution in [0.2, 0.25) is 0 Å². The van der Waals surface area contributed by atoms with Crippen LogP contribution in [0.5, 0.6) is 0 Å². The Balaban J connectivity index is 1.92. The summed E-state index contributed by atoms with van der Waals surface area (Å²) in [6.45, 7) is 6.67. The molecule has 1 aliphatic heterocycles. The maximum Gasteiger partial charge on any atom is 0.403 e. The molecule has 1 aliphatic rings. The van der Waals surface area contributed by atoms with Crippen molar-refractivity contribution in [3.05, 3.63) is 36.5 Å². The normalized spacial score (nSPS) is 17.4. The number of carbonyl (C=O) groups is 1. The van der Waals surface area contributed by atoms with Gasteiger partial charge in [0.2, 0.25) is 0 Å². The molecule has 1 amide bonds. The Morgan fingerprint density at radius 2 is 2.04 bits per heavy atom. The zero-order chi connectivity index (χ0) is 17.7. The summed E-state index contributed by atoms with van der Waals surface area (Å²) in [6, 6.07) is 1.93. The lowest BCUT2D eigenvalue weighted by Crippen LogP contribution is -2.53. The molecule has 1 saturated heterocycles. The predicted octanol–water partition coefficient (Wildman–Crippen LogP) is 2.07. The molecule has 5 nitrogen and oxygen atoms in total. The SMILES string of the molecule is C=CCNC(=O)c1ccc(N2CCN([C@H](C)C(F)(F)F)CC2)nc1. The van der Waals surface area contributed by atoms with E-state index in [2.05, 4.69) is 16.9 Å². The maximum absolute atomic E-state index is 12.8. The fourth-order valence-corrected chi connectivity index (χ4v) is 2.52. The Labute approximate surface area is 139 Å². The highest BCUT2D eigenvalue weighted by Gasteiger charge is 2.40. The number of hydrogen-bond donors (Lipinski definition) is 1. The molecule has 1 N–H and O–H groups in total. The van der Waals surface area contributed by atoms with Crippen molar-refractivity contribution in [2.45, 2.75) is 19.1 Å². The van der Waals surface area contributed by atoms with E-state index in [1.165, 1.54) is 18.0 Å². The number of aromatic nitrogens is 1. The van der Waals surface area contributed by atoms with Crippen LogP contribution in [-0.2, 0) is 0 Å². The predicted molar refractivity (Wildman–Crippen MR) is 86.1 cm³/mol. The van der Waals surface area contributed by atoms with Crippen molar-refractivity contribution >= 4 is 11.7 Å². The zero-order valence-electron chi connectivity index (χ0n) is 13.5. The van der Waals surface area contributed by atoms with Crippen molar-refractivity contribution in [1.29, 1.82) is 0 Å². The lowest BCUT2D eigenvalue weighted by molar-refractivity contribution is -0.179. The third-order valence-electron chi connectivity index (χ3n) is 4.08. The number of pyridine rings is 1. The van der Waals surface area contributed by atoms with Crippen molar-refractivity contribution in [2.75, 3.05) is 37.6 Å². The molecule has 0 saturated carbocycles. The van der Waals surface area contributed by atoms with Crippen LogP contribution >= 0.6 is 0 Å². The number of amides is 1. The van der Waals surface area contributed by atoms with Gasteiger partial charge in [0, 0.05) is 38.9 Å². The van der Waals surface area contributed by atoms with E-state index < -0.39 is 12.2 Å². The van der Waals surface area contributed by atoms with Crippen molar-refractivity contribution < 1.29 is 18.0 Å². The minimum atomic E-state index is -4.21. The van der Waals surface area contributed by atoms with E-state index in [9.17, 15) is 18.0 Å². The number of anilines is 1. The summed E-state index contributed by atoms with van der Waals surface area (Å²) in [5.74, 6) is 0.423. The first kappa shape index (κ1) is 18.3. The van der Waals surface area contributed by atoms with Gasteiger partial charge in [0.05, 0.1) is 5.56 Å². The molecule has 0 spiro atoms. The standard InChI is InChI=1S/C16H21F3N4O/c1-3-6-20-15(24)13-4-5-14(21-11-13)23-9-7-22(8-10-23)12(2)16(17,18)19/h3-5,11-12H,1,6-10H2,2H3,(H,20,24)/t12-/m1/s1. The molecule has 0 unspecified atom stereocenters. The molecule has 1 atom stereocenters. The molecular formula is C16H21F3N4O. The first-order valence-corrected chi connectivity index (χ1v) is 7.74. The number of halogens is 3. The van der Waals surface area contributed by atoms with Gasteiger partial charge < -0.3 is 10.2 Å². The Morgan fingerprint density at radius 3 is 2.54 bits per heavy atom. The van der Waals surface area contributed by atoms with Crippen molar-refractivity contribution in [2.24, 2.45) is 0 Å². The fraction of sp³-hybridized carbons (Fsp3) is 0.500. The van der Waals surface area contributed by atoms with Gasteiger partial charge in [0.1, 0.15) is 11.9 Å². The first-order valence-electron chi connectivity index (χ1n) is 7.74. The van der Waals surface area contributed by atoms with E-state index in [1.807, 2.05) is 4.90 Å². The summed E-state index contributed by atoms with van der Waals surface area (Å²) < 4.78 is 38.3. The van der Waals surface area contributed by atoms with E-state index in [0.29, 0.717) is 44.1 Å². The number of piperazine rings is 1. The number of nitrogens with zero attached hydrogens (tertiary/aromatic N) is 3. The molecule has 0 bridgehead atoms. The van der Waals surface area contributed by atoms with Crippen molar-refractivity contribution in [1.82, 2.24) is 15.2 Å². The number of hydrogen-bond acceptors (Lipinski definition) is 4. The maximum atomic E-state index is 12.8. The lowest BCUT2D eigenvalue weighted by atomic mass is 10.2. The van der Waals surface area contributed by atoms with Crippen molar-refractivity contribution in [3.63, 3.8) is 0 Å². The molecule has 0 radical (unpaired) electrons. The molecule has 24 heavy (non-hydrogen) atoms. The lowest BCUT2D eigenvalue weighted by Gasteiger charge is -2.39. The minimum Gasteiger partial charge on any atom is -0.354 e. The summed E-state index contributed by atoms with van der Waals surface area (Å²) in [5, 5.41) is 2.66. The van der Waals surface area contributed by atoms with Crippen LogP contribution in [0.1, 0.15) is 17.3 Å². The number of nitrogens with one attached hydrogen (secondary N) is 1. The molecule has 0 aliphatic carbocycles. The van der Waals surface area contributed by atoms with Crippen LogP contribution in [0.15, 0.2) is 31.0 Å². The van der Waals surface area contributed by atoms with E-state index in [-0.39, 0.29) is 5.91 Å². The second-order valence-electron chi connectivity index (χ2n) is 5.64. The largest absolute Gasteiger partial charge is 0.403 e. The van der Waals surface area contributed by atoms with Gasteiger partial charge >= 0.3 is 6.18 Å². The average Bonchev–Trinajstić information content (AvgIpc) is 2.58. The van der Waals surface area contributed by atoms with Crippen LogP contribution in [0.3, 0.4) is 0 Å². The van der Waals surface area contributed by atoms with Gasteiger partial charge in [-0.25, -0.2) is 4.98 Å². The van der Waals surface area contributed by atoms with Gasteiger partial charge in [-0.1, -0.05) is 6.08 Å². The second-order valence-corrected chi connectivity index (χ2v) is 5.64. The van der Waals surface area contributed by atoms with Gasteiger partial charge in [0.25, 0.3) is 5.91 Å². The van der Waals surface area contributed by atoms with Crippen molar-refractivity contribution in [3.8, 4) is 0 Å². The molecule has 0 aromatic carbocycles. The second kappa shape index (κ2) is 7.65. The van der Waals surface area contributed by atoms with E-state index in [4.69, 9.17) is 0 Å². The average molecular weight is 342 g/mol. The Hall–Kier alpha value is -2.09. The number of carbonyl (C=O) groups excluding carboxylic acids is 1. The molecule has 8 heteroatoms. The van der Waals surface area contributed by atoms with Gasteiger partial charge in [-0.2, -0.15) is 13.2 Å². The quantitative estimate of drug-likeness (QED) is 0.833. The zero-order valence-corrected chi connectivity index (χ0v) is 13.5.